The minimum atomic E-state index is -0.980. The van der Waals surface area contributed by atoms with Crippen LogP contribution in [0.15, 0.2) is 0 Å². The van der Waals surface area contributed by atoms with E-state index in [2.05, 4.69) is 5.32 Å². The predicted molar refractivity (Wildman–Crippen MR) is 59.9 cm³/mol. The largest absolute Gasteiger partial charge is 0.480 e. The Kier molecular flexibility index (Phi) is 4.94. The third kappa shape index (κ3) is 4.11. The van der Waals surface area contributed by atoms with Crippen LogP contribution in [0.4, 0.5) is 0 Å². The molecule has 5 heteroatoms. The Hall–Kier alpha value is -0.710. The number of nitrogens with one attached hydrogen (secondary N) is 1. The Morgan fingerprint density at radius 2 is 2.13 bits per heavy atom. The molecule has 0 saturated carbocycles. The number of hydrogen-bond donors (Lipinski definition) is 2. The Morgan fingerprint density at radius 1 is 1.40 bits per heavy atom. The zero-order chi connectivity index (χ0) is 11.3. The molecule has 0 aromatic heterocycles. The van der Waals surface area contributed by atoms with Gasteiger partial charge in [-0.05, 0) is 37.7 Å². The van der Waals surface area contributed by atoms with E-state index in [1.54, 1.807) is 0 Å². The van der Waals surface area contributed by atoms with E-state index in [1.165, 1.54) is 6.92 Å². The Bertz CT molecular complexity index is 237. The lowest BCUT2D eigenvalue weighted by atomic mass is 9.99. The lowest BCUT2D eigenvalue weighted by Gasteiger charge is -2.16. The normalized spacial score (nSPS) is 23.9. The van der Waals surface area contributed by atoms with E-state index in [1.807, 2.05) is 11.8 Å². The van der Waals surface area contributed by atoms with E-state index in [-0.39, 0.29) is 11.8 Å². The van der Waals surface area contributed by atoms with E-state index in [0.717, 1.165) is 30.8 Å². The summed E-state index contributed by atoms with van der Waals surface area (Å²) in [6.45, 7) is 1.49. The summed E-state index contributed by atoms with van der Waals surface area (Å²) in [7, 11) is 0. The predicted octanol–water partition coefficient (Wildman–Crippen LogP) is 1.11. The highest BCUT2D eigenvalue weighted by Gasteiger charge is 2.23. The van der Waals surface area contributed by atoms with Gasteiger partial charge in [-0.15, -0.1) is 0 Å². The SMILES string of the molecule is C[C@H](NC(=O)C1CCCSCC1)C(=O)O. The third-order valence-corrected chi connectivity index (χ3v) is 3.65. The maximum atomic E-state index is 11.7. The van der Waals surface area contributed by atoms with Crippen molar-refractivity contribution in [1.29, 1.82) is 0 Å². The summed E-state index contributed by atoms with van der Waals surface area (Å²) >= 11 is 1.87. The average Bonchev–Trinajstić information content (AvgIpc) is 2.45. The number of carbonyl (C=O) groups is 2. The fraction of sp³-hybridized carbons (Fsp3) is 0.800. The zero-order valence-corrected chi connectivity index (χ0v) is 9.68. The first-order chi connectivity index (χ1) is 7.11. The Morgan fingerprint density at radius 3 is 2.80 bits per heavy atom. The fourth-order valence-corrected chi connectivity index (χ4v) is 2.59. The molecule has 0 aliphatic carbocycles. The van der Waals surface area contributed by atoms with Crippen LogP contribution in [-0.2, 0) is 9.59 Å². The summed E-state index contributed by atoms with van der Waals surface area (Å²) in [6.07, 6.45) is 2.79. The summed E-state index contributed by atoms with van der Waals surface area (Å²) in [5, 5.41) is 11.2. The molecule has 1 rings (SSSR count). The first-order valence-electron chi connectivity index (χ1n) is 5.22. The van der Waals surface area contributed by atoms with Gasteiger partial charge in [0, 0.05) is 5.92 Å². The average molecular weight is 231 g/mol. The molecule has 4 nitrogen and oxygen atoms in total. The number of amides is 1. The van der Waals surface area contributed by atoms with Crippen molar-refractivity contribution in [2.75, 3.05) is 11.5 Å². The maximum absolute atomic E-state index is 11.7. The minimum absolute atomic E-state index is 0.00167. The first-order valence-corrected chi connectivity index (χ1v) is 6.37. The van der Waals surface area contributed by atoms with E-state index in [0.29, 0.717) is 0 Å². The van der Waals surface area contributed by atoms with E-state index in [9.17, 15) is 9.59 Å². The molecule has 2 atom stereocenters. The van der Waals surface area contributed by atoms with E-state index in [4.69, 9.17) is 5.11 Å². The van der Waals surface area contributed by atoms with Gasteiger partial charge < -0.3 is 10.4 Å². The molecule has 15 heavy (non-hydrogen) atoms. The van der Waals surface area contributed by atoms with Crippen molar-refractivity contribution >= 4 is 23.6 Å². The molecule has 1 unspecified atom stereocenters. The molecule has 0 aromatic carbocycles. The number of carbonyl (C=O) groups excluding carboxylic acids is 1. The molecule has 0 aromatic rings. The molecule has 0 spiro atoms. The molecule has 1 amide bonds. The van der Waals surface area contributed by atoms with Crippen molar-refractivity contribution in [2.24, 2.45) is 5.92 Å². The van der Waals surface area contributed by atoms with Crippen LogP contribution in [-0.4, -0.2) is 34.5 Å². The number of rotatable bonds is 3. The monoisotopic (exact) mass is 231 g/mol. The van der Waals surface area contributed by atoms with Crippen molar-refractivity contribution in [3.8, 4) is 0 Å². The summed E-state index contributed by atoms with van der Waals surface area (Å²) < 4.78 is 0. The van der Waals surface area contributed by atoms with Crippen molar-refractivity contribution in [1.82, 2.24) is 5.32 Å². The quantitative estimate of drug-likeness (QED) is 0.763. The van der Waals surface area contributed by atoms with Crippen LogP contribution in [0.1, 0.15) is 26.2 Å². The number of carboxylic acid groups (broad SMARTS) is 1. The van der Waals surface area contributed by atoms with Gasteiger partial charge in [-0.1, -0.05) is 0 Å². The number of carboxylic acids is 1. The third-order valence-electron chi connectivity index (χ3n) is 2.55. The zero-order valence-electron chi connectivity index (χ0n) is 8.86. The van der Waals surface area contributed by atoms with Gasteiger partial charge in [-0.3, -0.25) is 9.59 Å². The highest BCUT2D eigenvalue weighted by molar-refractivity contribution is 7.99. The van der Waals surface area contributed by atoms with Gasteiger partial charge in [-0.2, -0.15) is 11.8 Å². The highest BCUT2D eigenvalue weighted by Crippen LogP contribution is 2.22. The molecule has 0 radical (unpaired) electrons. The first kappa shape index (κ1) is 12.4. The van der Waals surface area contributed by atoms with Gasteiger partial charge in [0.2, 0.25) is 5.91 Å². The van der Waals surface area contributed by atoms with Gasteiger partial charge in [0.25, 0.3) is 0 Å². The molecule has 86 valence electrons. The van der Waals surface area contributed by atoms with Crippen LogP contribution in [0.5, 0.6) is 0 Å². The number of hydrogen-bond acceptors (Lipinski definition) is 3. The molecule has 1 aliphatic heterocycles. The second-order valence-electron chi connectivity index (χ2n) is 3.81. The van der Waals surface area contributed by atoms with E-state index >= 15 is 0 Å². The topological polar surface area (TPSA) is 66.4 Å². The van der Waals surface area contributed by atoms with Crippen LogP contribution < -0.4 is 5.32 Å². The standard InChI is InChI=1S/C10H17NO3S/c1-7(10(13)14)11-9(12)8-3-2-5-15-6-4-8/h7-8H,2-6H2,1H3,(H,11,12)(H,13,14)/t7-,8?/m0/s1. The van der Waals surface area contributed by atoms with Crippen molar-refractivity contribution < 1.29 is 14.7 Å². The van der Waals surface area contributed by atoms with Gasteiger partial charge in [0.1, 0.15) is 6.04 Å². The van der Waals surface area contributed by atoms with E-state index < -0.39 is 12.0 Å². The maximum Gasteiger partial charge on any atom is 0.325 e. The van der Waals surface area contributed by atoms with Crippen molar-refractivity contribution in [3.63, 3.8) is 0 Å². The summed E-state index contributed by atoms with van der Waals surface area (Å²) in [5.74, 6) is 1.03. The van der Waals surface area contributed by atoms with Crippen molar-refractivity contribution in [3.05, 3.63) is 0 Å². The Balaban J connectivity index is 2.41. The molecule has 1 fully saturated rings. The van der Waals surface area contributed by atoms with Crippen LogP contribution >= 0.6 is 11.8 Å². The number of aliphatic carboxylic acids is 1. The smallest absolute Gasteiger partial charge is 0.325 e. The molecule has 2 N–H and O–H groups in total. The summed E-state index contributed by atoms with van der Waals surface area (Å²) in [5.41, 5.74) is 0. The molecule has 1 heterocycles. The molecule has 0 bridgehead atoms. The summed E-state index contributed by atoms with van der Waals surface area (Å²) in [6, 6.07) is -0.784. The lowest BCUT2D eigenvalue weighted by molar-refractivity contribution is -0.142. The van der Waals surface area contributed by atoms with Crippen LogP contribution in [0.25, 0.3) is 0 Å². The van der Waals surface area contributed by atoms with Crippen LogP contribution in [0.3, 0.4) is 0 Å². The summed E-state index contributed by atoms with van der Waals surface area (Å²) in [4.78, 5) is 22.2. The van der Waals surface area contributed by atoms with Gasteiger partial charge in [0.15, 0.2) is 0 Å². The molecule has 1 aliphatic rings. The molecular formula is C10H17NO3S. The fourth-order valence-electron chi connectivity index (χ4n) is 1.56. The van der Waals surface area contributed by atoms with Gasteiger partial charge in [0.05, 0.1) is 0 Å². The van der Waals surface area contributed by atoms with Crippen molar-refractivity contribution in [2.45, 2.75) is 32.2 Å². The minimum Gasteiger partial charge on any atom is -0.480 e. The Labute approximate surface area is 93.8 Å². The second-order valence-corrected chi connectivity index (χ2v) is 5.03. The molecular weight excluding hydrogens is 214 g/mol. The highest BCUT2D eigenvalue weighted by atomic mass is 32.2. The second kappa shape index (κ2) is 6.00. The van der Waals surface area contributed by atoms with Gasteiger partial charge in [-0.25, -0.2) is 0 Å². The molecule has 1 saturated heterocycles. The van der Waals surface area contributed by atoms with Crippen LogP contribution in [0, 0.1) is 5.92 Å². The van der Waals surface area contributed by atoms with Crippen LogP contribution in [0.2, 0.25) is 0 Å². The van der Waals surface area contributed by atoms with Gasteiger partial charge >= 0.3 is 5.97 Å². The number of thioether (sulfide) groups is 1. The lowest BCUT2D eigenvalue weighted by Crippen LogP contribution is -2.41.